The molecule has 23 heavy (non-hydrogen) atoms. The van der Waals surface area contributed by atoms with Crippen LogP contribution in [0.3, 0.4) is 0 Å². The minimum Gasteiger partial charge on any atom is -0.508 e. The van der Waals surface area contributed by atoms with E-state index in [1.807, 2.05) is 24.3 Å². The summed E-state index contributed by atoms with van der Waals surface area (Å²) in [6.07, 6.45) is 5.00. The van der Waals surface area contributed by atoms with Gasteiger partial charge in [0.1, 0.15) is 11.5 Å². The molecule has 0 saturated heterocycles. The second kappa shape index (κ2) is 6.27. The van der Waals surface area contributed by atoms with Crippen LogP contribution in [0, 0.1) is 11.3 Å². The van der Waals surface area contributed by atoms with E-state index in [1.54, 1.807) is 24.3 Å². The highest BCUT2D eigenvalue weighted by Gasteiger charge is 2.39. The second-order valence-corrected chi connectivity index (χ2v) is 7.47. The van der Waals surface area contributed by atoms with Gasteiger partial charge in [-0.15, -0.1) is 0 Å². The van der Waals surface area contributed by atoms with Crippen molar-refractivity contribution in [2.45, 2.75) is 45.4 Å². The van der Waals surface area contributed by atoms with Crippen LogP contribution in [0.25, 0.3) is 0 Å². The molecule has 0 spiro atoms. The Hall–Kier alpha value is -1.96. The molecule has 0 amide bonds. The van der Waals surface area contributed by atoms with Gasteiger partial charge in [-0.3, -0.25) is 0 Å². The number of benzene rings is 2. The summed E-state index contributed by atoms with van der Waals surface area (Å²) in [5.41, 5.74) is 2.68. The Morgan fingerprint density at radius 3 is 1.83 bits per heavy atom. The van der Waals surface area contributed by atoms with Crippen LogP contribution < -0.4 is 0 Å². The quantitative estimate of drug-likeness (QED) is 0.791. The van der Waals surface area contributed by atoms with E-state index in [2.05, 4.69) is 13.8 Å². The molecular formula is C21H26O2. The topological polar surface area (TPSA) is 40.5 Å². The van der Waals surface area contributed by atoms with Crippen LogP contribution in [0.2, 0.25) is 0 Å². The van der Waals surface area contributed by atoms with Crippen molar-refractivity contribution in [2.24, 2.45) is 11.3 Å². The Kier molecular flexibility index (Phi) is 4.34. The van der Waals surface area contributed by atoms with Crippen molar-refractivity contribution in [1.82, 2.24) is 0 Å². The number of rotatable bonds is 3. The molecule has 1 saturated carbocycles. The summed E-state index contributed by atoms with van der Waals surface area (Å²) in [4.78, 5) is 0. The summed E-state index contributed by atoms with van der Waals surface area (Å²) in [6, 6.07) is 15.3. The number of hydrogen-bond donors (Lipinski definition) is 2. The molecule has 2 N–H and O–H groups in total. The lowest BCUT2D eigenvalue weighted by Gasteiger charge is -2.44. The average Bonchev–Trinajstić information content (AvgIpc) is 2.51. The van der Waals surface area contributed by atoms with Crippen molar-refractivity contribution in [1.29, 1.82) is 0 Å². The normalized spacial score (nSPS) is 24.7. The molecule has 3 rings (SSSR count). The molecule has 2 aromatic carbocycles. The van der Waals surface area contributed by atoms with Crippen molar-refractivity contribution in [3.8, 4) is 11.5 Å². The van der Waals surface area contributed by atoms with Crippen molar-refractivity contribution in [3.63, 3.8) is 0 Å². The molecular weight excluding hydrogens is 284 g/mol. The van der Waals surface area contributed by atoms with Gasteiger partial charge in [0, 0.05) is 5.92 Å². The first-order valence-corrected chi connectivity index (χ1v) is 8.56. The minimum atomic E-state index is 0.200. The van der Waals surface area contributed by atoms with E-state index < -0.39 is 0 Å². The fourth-order valence-corrected chi connectivity index (χ4v) is 4.45. The monoisotopic (exact) mass is 310 g/mol. The van der Waals surface area contributed by atoms with E-state index in [4.69, 9.17) is 0 Å². The predicted molar refractivity (Wildman–Crippen MR) is 93.8 cm³/mol. The van der Waals surface area contributed by atoms with E-state index in [0.717, 1.165) is 5.92 Å². The van der Waals surface area contributed by atoms with Gasteiger partial charge in [-0.05, 0) is 59.6 Å². The molecule has 1 fully saturated rings. The predicted octanol–water partition coefficient (Wildman–Crippen LogP) is 5.45. The lowest BCUT2D eigenvalue weighted by atomic mass is 9.61. The van der Waals surface area contributed by atoms with Gasteiger partial charge in [-0.25, -0.2) is 0 Å². The Bertz CT molecular complexity index is 599. The van der Waals surface area contributed by atoms with E-state index >= 15 is 0 Å². The van der Waals surface area contributed by atoms with E-state index in [-0.39, 0.29) is 11.3 Å². The first-order valence-electron chi connectivity index (χ1n) is 8.56. The SMILES string of the molecule is CC1CCCC(C)(C(c2ccc(O)cc2)c2ccc(O)cc2)C1. The Labute approximate surface area is 138 Å². The molecule has 1 aliphatic carbocycles. The zero-order valence-corrected chi connectivity index (χ0v) is 14.0. The maximum absolute atomic E-state index is 9.63. The Morgan fingerprint density at radius 1 is 0.913 bits per heavy atom. The third-order valence-electron chi connectivity index (χ3n) is 5.41. The van der Waals surface area contributed by atoms with Crippen molar-refractivity contribution in [2.75, 3.05) is 0 Å². The fourth-order valence-electron chi connectivity index (χ4n) is 4.45. The molecule has 0 aliphatic heterocycles. The van der Waals surface area contributed by atoms with Gasteiger partial charge in [0.2, 0.25) is 0 Å². The van der Waals surface area contributed by atoms with Gasteiger partial charge in [0.25, 0.3) is 0 Å². The van der Waals surface area contributed by atoms with Crippen LogP contribution >= 0.6 is 0 Å². The second-order valence-electron chi connectivity index (χ2n) is 7.47. The third-order valence-corrected chi connectivity index (χ3v) is 5.41. The molecule has 122 valence electrons. The molecule has 2 aromatic rings. The molecule has 0 bridgehead atoms. The summed E-state index contributed by atoms with van der Waals surface area (Å²) in [7, 11) is 0. The highest BCUT2D eigenvalue weighted by atomic mass is 16.3. The number of phenolic OH excluding ortho intramolecular Hbond substituents is 2. The highest BCUT2D eigenvalue weighted by Crippen LogP contribution is 2.51. The molecule has 0 heterocycles. The number of phenols is 2. The molecule has 1 aliphatic rings. The lowest BCUT2D eigenvalue weighted by molar-refractivity contribution is 0.145. The van der Waals surface area contributed by atoms with Crippen LogP contribution in [0.5, 0.6) is 11.5 Å². The largest absolute Gasteiger partial charge is 0.508 e. The summed E-state index contributed by atoms with van der Waals surface area (Å²) in [5.74, 6) is 1.64. The van der Waals surface area contributed by atoms with Crippen LogP contribution in [0.1, 0.15) is 56.6 Å². The number of aromatic hydroxyl groups is 2. The zero-order chi connectivity index (χ0) is 16.4. The van der Waals surface area contributed by atoms with Crippen molar-refractivity contribution >= 4 is 0 Å². The van der Waals surface area contributed by atoms with E-state index in [0.29, 0.717) is 11.5 Å². The third kappa shape index (κ3) is 3.36. The van der Waals surface area contributed by atoms with Gasteiger partial charge in [-0.1, -0.05) is 51.0 Å². The van der Waals surface area contributed by atoms with Gasteiger partial charge in [-0.2, -0.15) is 0 Å². The summed E-state index contributed by atoms with van der Waals surface area (Å²) in [5, 5.41) is 19.3. The van der Waals surface area contributed by atoms with Crippen molar-refractivity contribution in [3.05, 3.63) is 59.7 Å². The minimum absolute atomic E-state index is 0.200. The standard InChI is InChI=1S/C21H26O2/c1-15-4-3-13-21(2,14-15)20(16-5-9-18(22)10-6-16)17-7-11-19(23)12-8-17/h5-12,15,20,22-23H,3-4,13-14H2,1-2H3. The zero-order valence-electron chi connectivity index (χ0n) is 14.0. The summed E-state index contributed by atoms with van der Waals surface area (Å²) < 4.78 is 0. The fraction of sp³-hybridized carbons (Fsp3) is 0.429. The van der Waals surface area contributed by atoms with Gasteiger partial charge >= 0.3 is 0 Å². The smallest absolute Gasteiger partial charge is 0.115 e. The van der Waals surface area contributed by atoms with Crippen molar-refractivity contribution < 1.29 is 10.2 Å². The van der Waals surface area contributed by atoms with Crippen LogP contribution in [0.4, 0.5) is 0 Å². The van der Waals surface area contributed by atoms with E-state index in [9.17, 15) is 10.2 Å². The summed E-state index contributed by atoms with van der Waals surface area (Å²) >= 11 is 0. The molecule has 0 aromatic heterocycles. The number of hydrogen-bond acceptors (Lipinski definition) is 2. The molecule has 2 nitrogen and oxygen atoms in total. The molecule has 2 unspecified atom stereocenters. The molecule has 0 radical (unpaired) electrons. The maximum Gasteiger partial charge on any atom is 0.115 e. The van der Waals surface area contributed by atoms with Crippen LogP contribution in [-0.4, -0.2) is 10.2 Å². The van der Waals surface area contributed by atoms with Crippen LogP contribution in [-0.2, 0) is 0 Å². The van der Waals surface area contributed by atoms with Gasteiger partial charge in [0.05, 0.1) is 0 Å². The summed E-state index contributed by atoms with van der Waals surface area (Å²) in [6.45, 7) is 4.75. The van der Waals surface area contributed by atoms with E-state index in [1.165, 1.54) is 36.8 Å². The Morgan fingerprint density at radius 2 is 1.39 bits per heavy atom. The average molecular weight is 310 g/mol. The lowest BCUT2D eigenvalue weighted by Crippen LogP contribution is -2.32. The van der Waals surface area contributed by atoms with Gasteiger partial charge < -0.3 is 10.2 Å². The van der Waals surface area contributed by atoms with Crippen LogP contribution in [0.15, 0.2) is 48.5 Å². The first-order chi connectivity index (χ1) is 11.0. The maximum atomic E-state index is 9.63. The molecule has 2 atom stereocenters. The van der Waals surface area contributed by atoms with Gasteiger partial charge in [0.15, 0.2) is 0 Å². The highest BCUT2D eigenvalue weighted by molar-refractivity contribution is 5.39. The Balaban J connectivity index is 2.05. The first kappa shape index (κ1) is 15.9. The molecule has 2 heteroatoms.